The van der Waals surface area contributed by atoms with Crippen LogP contribution in [0.15, 0.2) is 4.99 Å². The number of hydrogen-bond donors (Lipinski definition) is 0. The summed E-state index contributed by atoms with van der Waals surface area (Å²) in [6, 6.07) is 0. The van der Waals surface area contributed by atoms with Crippen molar-refractivity contribution in [1.82, 2.24) is 0 Å². The Morgan fingerprint density at radius 2 is 1.91 bits per heavy atom. The average molecular weight is 171 g/mol. The third-order valence-corrected chi connectivity index (χ3v) is 3.44. The molecule has 0 bridgehead atoms. The molecule has 0 fully saturated rings. The Hall–Kier alpha value is 0.0200. The van der Waals surface area contributed by atoms with Gasteiger partial charge in [-0.3, -0.25) is 4.99 Å². The molecule has 0 N–H and O–H groups in total. The molecule has 11 heavy (non-hydrogen) atoms. The topological polar surface area (TPSA) is 12.4 Å². The molecule has 0 atom stereocenters. The standard InChI is InChI=1S/C9H17NS/c1-8(2,3)7-10-9(4,5)6-11-7/h6H2,1-5H3. The van der Waals surface area contributed by atoms with Gasteiger partial charge in [0.05, 0.1) is 10.6 Å². The summed E-state index contributed by atoms with van der Waals surface area (Å²) >= 11 is 1.91. The lowest BCUT2D eigenvalue weighted by atomic mass is 9.98. The Morgan fingerprint density at radius 1 is 1.36 bits per heavy atom. The molecule has 1 aliphatic rings. The molecule has 0 aromatic heterocycles. The summed E-state index contributed by atoms with van der Waals surface area (Å²) in [6.07, 6.45) is 0. The molecule has 0 spiro atoms. The van der Waals surface area contributed by atoms with E-state index in [1.165, 1.54) is 5.04 Å². The number of hydrogen-bond acceptors (Lipinski definition) is 2. The fourth-order valence-electron chi connectivity index (χ4n) is 0.969. The first-order valence-corrected chi connectivity index (χ1v) is 5.03. The highest BCUT2D eigenvalue weighted by Crippen LogP contribution is 2.35. The van der Waals surface area contributed by atoms with E-state index in [0.717, 1.165) is 5.75 Å². The van der Waals surface area contributed by atoms with E-state index in [1.807, 2.05) is 11.8 Å². The molecular weight excluding hydrogens is 154 g/mol. The SMILES string of the molecule is CC1(C)CSC(C(C)(C)C)=N1. The van der Waals surface area contributed by atoms with Crippen LogP contribution in [0.4, 0.5) is 0 Å². The van der Waals surface area contributed by atoms with Gasteiger partial charge >= 0.3 is 0 Å². The normalized spacial score (nSPS) is 23.5. The number of aliphatic imine (C=N–C) groups is 1. The van der Waals surface area contributed by atoms with Crippen LogP contribution in [0, 0.1) is 5.41 Å². The largest absolute Gasteiger partial charge is 0.275 e. The monoisotopic (exact) mass is 171 g/mol. The van der Waals surface area contributed by atoms with E-state index < -0.39 is 0 Å². The zero-order valence-electron chi connectivity index (χ0n) is 8.06. The highest BCUT2D eigenvalue weighted by atomic mass is 32.2. The van der Waals surface area contributed by atoms with Crippen molar-refractivity contribution in [2.75, 3.05) is 5.75 Å². The summed E-state index contributed by atoms with van der Waals surface area (Å²) in [5.41, 5.74) is 0.422. The predicted molar refractivity (Wildman–Crippen MR) is 53.4 cm³/mol. The molecule has 0 unspecified atom stereocenters. The average Bonchev–Trinajstić information content (AvgIpc) is 2.07. The molecule has 0 saturated carbocycles. The van der Waals surface area contributed by atoms with E-state index in [1.54, 1.807) is 0 Å². The van der Waals surface area contributed by atoms with Crippen LogP contribution in [0.3, 0.4) is 0 Å². The first-order chi connectivity index (χ1) is 4.81. The van der Waals surface area contributed by atoms with Gasteiger partial charge in [0.25, 0.3) is 0 Å². The van der Waals surface area contributed by atoms with Crippen LogP contribution in [0.1, 0.15) is 34.6 Å². The minimum absolute atomic E-state index is 0.174. The van der Waals surface area contributed by atoms with Crippen molar-refractivity contribution in [3.8, 4) is 0 Å². The number of thioether (sulfide) groups is 1. The fourth-order valence-corrected chi connectivity index (χ4v) is 2.27. The van der Waals surface area contributed by atoms with Gasteiger partial charge in [-0.15, -0.1) is 11.8 Å². The van der Waals surface area contributed by atoms with Crippen LogP contribution in [-0.2, 0) is 0 Å². The number of rotatable bonds is 0. The quantitative estimate of drug-likeness (QED) is 0.546. The maximum absolute atomic E-state index is 4.67. The second-order valence-corrected chi connectivity index (χ2v) is 5.73. The van der Waals surface area contributed by atoms with E-state index in [4.69, 9.17) is 0 Å². The molecule has 0 saturated heterocycles. The summed E-state index contributed by atoms with van der Waals surface area (Å²) in [5, 5.41) is 1.31. The summed E-state index contributed by atoms with van der Waals surface area (Å²) in [4.78, 5) is 4.67. The van der Waals surface area contributed by atoms with Crippen molar-refractivity contribution in [2.24, 2.45) is 10.4 Å². The van der Waals surface area contributed by atoms with Gasteiger partial charge < -0.3 is 0 Å². The summed E-state index contributed by atoms with van der Waals surface area (Å²) in [5.74, 6) is 1.14. The van der Waals surface area contributed by atoms with Gasteiger partial charge in [-0.25, -0.2) is 0 Å². The predicted octanol–water partition coefficient (Wildman–Crippen LogP) is 2.96. The summed E-state index contributed by atoms with van der Waals surface area (Å²) in [7, 11) is 0. The highest BCUT2D eigenvalue weighted by Gasteiger charge is 2.31. The lowest BCUT2D eigenvalue weighted by Crippen LogP contribution is -2.17. The van der Waals surface area contributed by atoms with E-state index in [-0.39, 0.29) is 11.0 Å². The molecule has 0 aromatic carbocycles. The van der Waals surface area contributed by atoms with Crippen LogP contribution in [0.2, 0.25) is 0 Å². The first kappa shape index (κ1) is 9.11. The molecule has 1 heterocycles. The van der Waals surface area contributed by atoms with Gasteiger partial charge in [0.2, 0.25) is 0 Å². The molecule has 64 valence electrons. The van der Waals surface area contributed by atoms with Crippen molar-refractivity contribution >= 4 is 16.8 Å². The zero-order chi connectivity index (χ0) is 8.70. The molecule has 0 radical (unpaired) electrons. The maximum atomic E-state index is 4.67. The van der Waals surface area contributed by atoms with Crippen molar-refractivity contribution in [1.29, 1.82) is 0 Å². The second kappa shape index (κ2) is 2.51. The van der Waals surface area contributed by atoms with E-state index >= 15 is 0 Å². The Labute approximate surface area is 73.7 Å². The second-order valence-electron chi connectivity index (χ2n) is 4.77. The third-order valence-electron chi connectivity index (χ3n) is 1.61. The Balaban J connectivity index is 2.79. The minimum atomic E-state index is 0.174. The smallest absolute Gasteiger partial charge is 0.0737 e. The van der Waals surface area contributed by atoms with Gasteiger partial charge in [0, 0.05) is 11.2 Å². The van der Waals surface area contributed by atoms with Crippen molar-refractivity contribution in [2.45, 2.75) is 40.2 Å². The van der Waals surface area contributed by atoms with Crippen LogP contribution in [0.5, 0.6) is 0 Å². The summed E-state index contributed by atoms with van der Waals surface area (Å²) < 4.78 is 0. The van der Waals surface area contributed by atoms with E-state index in [9.17, 15) is 0 Å². The van der Waals surface area contributed by atoms with Crippen LogP contribution in [-0.4, -0.2) is 16.3 Å². The number of nitrogens with zero attached hydrogens (tertiary/aromatic N) is 1. The molecule has 0 aliphatic carbocycles. The maximum Gasteiger partial charge on any atom is 0.0737 e. The molecule has 1 aliphatic heterocycles. The fraction of sp³-hybridized carbons (Fsp3) is 0.889. The molecule has 1 nitrogen and oxygen atoms in total. The van der Waals surface area contributed by atoms with E-state index in [0.29, 0.717) is 0 Å². The molecule has 2 heteroatoms. The summed E-state index contributed by atoms with van der Waals surface area (Å²) in [6.45, 7) is 11.1. The lowest BCUT2D eigenvalue weighted by molar-refractivity contribution is 0.566. The van der Waals surface area contributed by atoms with Gasteiger partial charge in [0.15, 0.2) is 0 Å². The Kier molecular flexibility index (Phi) is 2.08. The molecule has 1 rings (SSSR count). The third kappa shape index (κ3) is 2.22. The molecule has 0 amide bonds. The van der Waals surface area contributed by atoms with E-state index in [2.05, 4.69) is 39.6 Å². The van der Waals surface area contributed by atoms with Crippen molar-refractivity contribution in [3.05, 3.63) is 0 Å². The lowest BCUT2D eigenvalue weighted by Gasteiger charge is -2.17. The first-order valence-electron chi connectivity index (χ1n) is 4.04. The zero-order valence-corrected chi connectivity index (χ0v) is 8.88. The van der Waals surface area contributed by atoms with Crippen LogP contribution in [0.25, 0.3) is 0 Å². The Morgan fingerprint density at radius 3 is 2.09 bits per heavy atom. The van der Waals surface area contributed by atoms with Crippen molar-refractivity contribution < 1.29 is 0 Å². The minimum Gasteiger partial charge on any atom is -0.275 e. The van der Waals surface area contributed by atoms with Gasteiger partial charge in [-0.1, -0.05) is 20.8 Å². The van der Waals surface area contributed by atoms with Crippen LogP contribution < -0.4 is 0 Å². The van der Waals surface area contributed by atoms with Gasteiger partial charge in [-0.05, 0) is 13.8 Å². The van der Waals surface area contributed by atoms with Crippen LogP contribution >= 0.6 is 11.8 Å². The Bertz CT molecular complexity index is 186. The van der Waals surface area contributed by atoms with Gasteiger partial charge in [-0.2, -0.15) is 0 Å². The van der Waals surface area contributed by atoms with Gasteiger partial charge in [0.1, 0.15) is 0 Å². The van der Waals surface area contributed by atoms with Crippen molar-refractivity contribution in [3.63, 3.8) is 0 Å². The molecular formula is C9H17NS. The highest BCUT2D eigenvalue weighted by molar-refractivity contribution is 8.14. The molecule has 0 aromatic rings.